The maximum absolute atomic E-state index is 13.8. The SMILES string of the molecule is Nc1cc(-c2cccc(F)c2F)nn1C1CCS(=O)(=O)C1. The van der Waals surface area contributed by atoms with E-state index in [1.54, 1.807) is 0 Å². The van der Waals surface area contributed by atoms with Gasteiger partial charge in [0.1, 0.15) is 5.82 Å². The first-order valence-electron chi connectivity index (χ1n) is 6.37. The van der Waals surface area contributed by atoms with Crippen molar-refractivity contribution in [3.05, 3.63) is 35.9 Å². The fraction of sp³-hybridized carbons (Fsp3) is 0.308. The van der Waals surface area contributed by atoms with Crippen LogP contribution in [0.1, 0.15) is 12.5 Å². The summed E-state index contributed by atoms with van der Waals surface area (Å²) in [5.74, 6) is -1.69. The van der Waals surface area contributed by atoms with Crippen LogP contribution in [0.4, 0.5) is 14.6 Å². The zero-order valence-corrected chi connectivity index (χ0v) is 11.8. The molecule has 21 heavy (non-hydrogen) atoms. The summed E-state index contributed by atoms with van der Waals surface area (Å²) >= 11 is 0. The highest BCUT2D eigenvalue weighted by molar-refractivity contribution is 7.91. The monoisotopic (exact) mass is 313 g/mol. The smallest absolute Gasteiger partial charge is 0.168 e. The van der Waals surface area contributed by atoms with Gasteiger partial charge in [-0.15, -0.1) is 0 Å². The third-order valence-electron chi connectivity index (χ3n) is 3.55. The van der Waals surface area contributed by atoms with Crippen molar-refractivity contribution in [1.29, 1.82) is 0 Å². The van der Waals surface area contributed by atoms with Gasteiger partial charge in [-0.3, -0.25) is 0 Å². The normalized spacial score (nSPS) is 20.8. The van der Waals surface area contributed by atoms with Crippen molar-refractivity contribution >= 4 is 15.7 Å². The van der Waals surface area contributed by atoms with Crippen molar-refractivity contribution < 1.29 is 17.2 Å². The van der Waals surface area contributed by atoms with Crippen LogP contribution in [0.5, 0.6) is 0 Å². The molecule has 2 aromatic rings. The van der Waals surface area contributed by atoms with Gasteiger partial charge in [-0.25, -0.2) is 21.9 Å². The van der Waals surface area contributed by atoms with E-state index in [-0.39, 0.29) is 34.6 Å². The number of hydrogen-bond donors (Lipinski definition) is 1. The highest BCUT2D eigenvalue weighted by atomic mass is 32.2. The number of nitrogens with zero attached hydrogens (tertiary/aromatic N) is 2. The Labute approximate surface area is 120 Å². The van der Waals surface area contributed by atoms with Crippen LogP contribution in [0.15, 0.2) is 24.3 Å². The molecule has 1 unspecified atom stereocenters. The number of rotatable bonds is 2. The number of hydrogen-bond acceptors (Lipinski definition) is 4. The highest BCUT2D eigenvalue weighted by Crippen LogP contribution is 2.30. The summed E-state index contributed by atoms with van der Waals surface area (Å²) in [6.07, 6.45) is 0.416. The number of halogens is 2. The quantitative estimate of drug-likeness (QED) is 0.916. The fourth-order valence-electron chi connectivity index (χ4n) is 2.50. The Morgan fingerprint density at radius 1 is 1.33 bits per heavy atom. The Morgan fingerprint density at radius 3 is 2.76 bits per heavy atom. The molecule has 1 saturated heterocycles. The molecule has 0 bridgehead atoms. The summed E-state index contributed by atoms with van der Waals surface area (Å²) in [6, 6.07) is 4.85. The van der Waals surface area contributed by atoms with Gasteiger partial charge in [0, 0.05) is 11.6 Å². The molecular formula is C13H13F2N3O2S. The fourth-order valence-corrected chi connectivity index (χ4v) is 4.19. The molecule has 1 atom stereocenters. The van der Waals surface area contributed by atoms with Crippen molar-refractivity contribution in [2.45, 2.75) is 12.5 Å². The van der Waals surface area contributed by atoms with Crippen LogP contribution in [0.25, 0.3) is 11.3 Å². The minimum Gasteiger partial charge on any atom is -0.384 e. The van der Waals surface area contributed by atoms with Gasteiger partial charge in [0.05, 0.1) is 23.2 Å². The third kappa shape index (κ3) is 2.51. The summed E-state index contributed by atoms with van der Waals surface area (Å²) in [5, 5.41) is 4.15. The molecule has 0 saturated carbocycles. The Hall–Kier alpha value is -1.96. The van der Waals surface area contributed by atoms with Gasteiger partial charge < -0.3 is 5.73 Å². The maximum atomic E-state index is 13.8. The summed E-state index contributed by atoms with van der Waals surface area (Å²) in [4.78, 5) is 0. The standard InChI is InChI=1S/C13H13F2N3O2S/c14-10-3-1-2-9(13(10)15)11-6-12(16)18(17-11)8-4-5-21(19,20)7-8/h1-3,6,8H,4-5,7,16H2. The molecule has 0 radical (unpaired) electrons. The summed E-state index contributed by atoms with van der Waals surface area (Å²) in [6.45, 7) is 0. The van der Waals surface area contributed by atoms with E-state index in [2.05, 4.69) is 5.10 Å². The lowest BCUT2D eigenvalue weighted by molar-refractivity contribution is 0.502. The van der Waals surface area contributed by atoms with Crippen LogP contribution >= 0.6 is 0 Å². The van der Waals surface area contributed by atoms with Crippen LogP contribution in [-0.2, 0) is 9.84 Å². The molecule has 1 aromatic carbocycles. The van der Waals surface area contributed by atoms with E-state index in [0.717, 1.165) is 6.07 Å². The Bertz CT molecular complexity index is 802. The van der Waals surface area contributed by atoms with Crippen LogP contribution < -0.4 is 5.73 Å². The van der Waals surface area contributed by atoms with E-state index in [1.807, 2.05) is 0 Å². The third-order valence-corrected chi connectivity index (χ3v) is 5.30. The van der Waals surface area contributed by atoms with Gasteiger partial charge in [0.25, 0.3) is 0 Å². The van der Waals surface area contributed by atoms with Gasteiger partial charge >= 0.3 is 0 Å². The Kier molecular flexibility index (Phi) is 3.20. The summed E-state index contributed by atoms with van der Waals surface area (Å²) in [7, 11) is -3.08. The van der Waals surface area contributed by atoms with Gasteiger partial charge in [-0.1, -0.05) is 6.07 Å². The van der Waals surface area contributed by atoms with Crippen LogP contribution in [-0.4, -0.2) is 29.7 Å². The van der Waals surface area contributed by atoms with Crippen molar-refractivity contribution in [1.82, 2.24) is 9.78 Å². The van der Waals surface area contributed by atoms with Crippen LogP contribution in [0, 0.1) is 11.6 Å². The van der Waals surface area contributed by atoms with E-state index < -0.39 is 21.5 Å². The van der Waals surface area contributed by atoms with Gasteiger partial charge in [-0.2, -0.15) is 5.10 Å². The molecule has 2 heterocycles. The second-order valence-corrected chi connectivity index (χ2v) is 7.29. The summed E-state index contributed by atoms with van der Waals surface area (Å²) < 4.78 is 51.4. The lowest BCUT2D eigenvalue weighted by Crippen LogP contribution is -2.14. The highest BCUT2D eigenvalue weighted by Gasteiger charge is 2.31. The van der Waals surface area contributed by atoms with Gasteiger partial charge in [0.15, 0.2) is 21.5 Å². The predicted molar refractivity (Wildman–Crippen MR) is 74.3 cm³/mol. The molecule has 5 nitrogen and oxygen atoms in total. The minimum absolute atomic E-state index is 0.00121. The molecule has 8 heteroatoms. The van der Waals surface area contributed by atoms with Crippen molar-refractivity contribution in [2.24, 2.45) is 0 Å². The molecule has 1 aliphatic rings. The second-order valence-electron chi connectivity index (χ2n) is 5.06. The second kappa shape index (κ2) is 4.80. The van der Waals surface area contributed by atoms with E-state index >= 15 is 0 Å². The van der Waals surface area contributed by atoms with Crippen molar-refractivity contribution in [2.75, 3.05) is 17.2 Å². The summed E-state index contributed by atoms with van der Waals surface area (Å²) in [5.41, 5.74) is 6.01. The molecule has 2 N–H and O–H groups in total. The number of anilines is 1. The van der Waals surface area contributed by atoms with Gasteiger partial charge in [-0.05, 0) is 18.6 Å². The first-order valence-corrected chi connectivity index (χ1v) is 8.19. The number of nitrogen functional groups attached to an aromatic ring is 1. The first-order chi connectivity index (χ1) is 9.87. The van der Waals surface area contributed by atoms with E-state index in [9.17, 15) is 17.2 Å². The molecule has 112 valence electrons. The van der Waals surface area contributed by atoms with Crippen LogP contribution in [0.2, 0.25) is 0 Å². The zero-order valence-electron chi connectivity index (χ0n) is 11.0. The number of benzene rings is 1. The topological polar surface area (TPSA) is 78.0 Å². The van der Waals surface area contributed by atoms with E-state index in [0.29, 0.717) is 6.42 Å². The van der Waals surface area contributed by atoms with E-state index in [4.69, 9.17) is 5.73 Å². The first kappa shape index (κ1) is 14.0. The predicted octanol–water partition coefficient (Wildman–Crippen LogP) is 1.77. The molecule has 0 aliphatic carbocycles. The number of sulfone groups is 1. The van der Waals surface area contributed by atoms with Gasteiger partial charge in [0.2, 0.25) is 0 Å². The number of nitrogens with two attached hydrogens (primary N) is 1. The Morgan fingerprint density at radius 2 is 2.10 bits per heavy atom. The average molecular weight is 313 g/mol. The van der Waals surface area contributed by atoms with Crippen molar-refractivity contribution in [3.63, 3.8) is 0 Å². The minimum atomic E-state index is -3.08. The lowest BCUT2D eigenvalue weighted by atomic mass is 10.1. The molecule has 1 aliphatic heterocycles. The molecule has 0 amide bonds. The maximum Gasteiger partial charge on any atom is 0.168 e. The van der Waals surface area contributed by atoms with Crippen LogP contribution in [0.3, 0.4) is 0 Å². The van der Waals surface area contributed by atoms with E-state index in [1.165, 1.54) is 22.9 Å². The molecule has 3 rings (SSSR count). The molecule has 0 spiro atoms. The average Bonchev–Trinajstić information content (AvgIpc) is 2.95. The molecular weight excluding hydrogens is 300 g/mol. The lowest BCUT2D eigenvalue weighted by Gasteiger charge is -2.10. The molecule has 1 aromatic heterocycles. The number of aromatic nitrogens is 2. The Balaban J connectivity index is 2.01. The zero-order chi connectivity index (χ0) is 15.2. The van der Waals surface area contributed by atoms with Crippen molar-refractivity contribution in [3.8, 4) is 11.3 Å². The largest absolute Gasteiger partial charge is 0.384 e. The molecule has 1 fully saturated rings.